The summed E-state index contributed by atoms with van der Waals surface area (Å²) in [6.45, 7) is 3.31. The number of ether oxygens (including phenoxy) is 1. The summed E-state index contributed by atoms with van der Waals surface area (Å²) in [6, 6.07) is 7.17. The Morgan fingerprint density at radius 1 is 1.50 bits per heavy atom. The fourth-order valence-electron chi connectivity index (χ4n) is 2.52. The summed E-state index contributed by atoms with van der Waals surface area (Å²) >= 11 is 0. The Balaban J connectivity index is 2.01. The maximum atomic E-state index is 12.5. The summed E-state index contributed by atoms with van der Waals surface area (Å²) in [5, 5.41) is 9.47. The zero-order valence-corrected chi connectivity index (χ0v) is 12.2. The molecule has 0 aromatic heterocycles. The number of phenols is 1. The van der Waals surface area contributed by atoms with Gasteiger partial charge in [-0.2, -0.15) is 0 Å². The smallest absolute Gasteiger partial charge is 0.227 e. The van der Waals surface area contributed by atoms with Crippen molar-refractivity contribution < 1.29 is 14.6 Å². The summed E-state index contributed by atoms with van der Waals surface area (Å²) in [5.41, 5.74) is 0.848. The minimum atomic E-state index is 0.104. The van der Waals surface area contributed by atoms with Gasteiger partial charge >= 0.3 is 0 Å². The van der Waals surface area contributed by atoms with Crippen molar-refractivity contribution in [3.05, 3.63) is 29.8 Å². The molecule has 1 amide bonds. The van der Waals surface area contributed by atoms with Crippen molar-refractivity contribution in [1.29, 1.82) is 0 Å². The molecule has 1 N–H and O–H groups in total. The van der Waals surface area contributed by atoms with E-state index in [0.29, 0.717) is 25.5 Å². The third-order valence-electron chi connectivity index (χ3n) is 3.92. The molecule has 4 nitrogen and oxygen atoms in total. The lowest BCUT2D eigenvalue weighted by Gasteiger charge is -2.29. The third-order valence-corrected chi connectivity index (χ3v) is 3.92. The van der Waals surface area contributed by atoms with Crippen LogP contribution in [0.2, 0.25) is 0 Å². The molecule has 1 aliphatic carbocycles. The summed E-state index contributed by atoms with van der Waals surface area (Å²) in [4.78, 5) is 14.4. The van der Waals surface area contributed by atoms with Crippen LogP contribution in [0.15, 0.2) is 24.3 Å². The summed E-state index contributed by atoms with van der Waals surface area (Å²) in [5.74, 6) is 0.945. The van der Waals surface area contributed by atoms with E-state index in [4.69, 9.17) is 4.74 Å². The number of carbonyl (C=O) groups is 1. The Morgan fingerprint density at radius 2 is 2.25 bits per heavy atom. The normalized spacial score (nSPS) is 15.9. The van der Waals surface area contributed by atoms with E-state index in [-0.39, 0.29) is 17.7 Å². The lowest BCUT2D eigenvalue weighted by atomic mass is 10.1. The first-order valence-corrected chi connectivity index (χ1v) is 7.18. The number of phenolic OH excluding ortho intramolecular Hbond substituents is 1. The van der Waals surface area contributed by atoms with Gasteiger partial charge in [-0.05, 0) is 43.4 Å². The van der Waals surface area contributed by atoms with Crippen LogP contribution >= 0.6 is 0 Å². The Hall–Kier alpha value is -1.55. The van der Waals surface area contributed by atoms with Crippen LogP contribution in [0.4, 0.5) is 0 Å². The number of hydrogen-bond acceptors (Lipinski definition) is 3. The van der Waals surface area contributed by atoms with Gasteiger partial charge in [0, 0.05) is 19.7 Å². The predicted molar refractivity (Wildman–Crippen MR) is 77.6 cm³/mol. The highest BCUT2D eigenvalue weighted by Gasteiger charge is 2.33. The van der Waals surface area contributed by atoms with Crippen LogP contribution in [-0.2, 0) is 16.0 Å². The highest BCUT2D eigenvalue weighted by Crippen LogP contribution is 2.35. The Bertz CT molecular complexity index is 457. The third kappa shape index (κ3) is 3.97. The van der Waals surface area contributed by atoms with Gasteiger partial charge in [0.2, 0.25) is 5.91 Å². The number of rotatable bonds is 7. The van der Waals surface area contributed by atoms with Crippen LogP contribution in [0, 0.1) is 5.92 Å². The summed E-state index contributed by atoms with van der Waals surface area (Å²) < 4.78 is 5.11. The van der Waals surface area contributed by atoms with Crippen molar-refractivity contribution in [2.45, 2.75) is 32.2 Å². The lowest BCUT2D eigenvalue weighted by molar-refractivity contribution is -0.133. The molecular weight excluding hydrogens is 254 g/mol. The quantitative estimate of drug-likeness (QED) is 0.831. The second kappa shape index (κ2) is 6.75. The molecule has 0 aliphatic heterocycles. The van der Waals surface area contributed by atoms with Gasteiger partial charge in [0.25, 0.3) is 0 Å². The molecule has 1 saturated carbocycles. The molecule has 0 radical (unpaired) electrons. The molecule has 1 aromatic rings. The first-order valence-electron chi connectivity index (χ1n) is 7.18. The molecule has 0 saturated heterocycles. The van der Waals surface area contributed by atoms with Gasteiger partial charge in [-0.25, -0.2) is 0 Å². The van der Waals surface area contributed by atoms with E-state index >= 15 is 0 Å². The van der Waals surface area contributed by atoms with Crippen molar-refractivity contribution in [3.63, 3.8) is 0 Å². The average molecular weight is 277 g/mol. The second-order valence-corrected chi connectivity index (χ2v) is 5.50. The van der Waals surface area contributed by atoms with E-state index in [0.717, 1.165) is 5.56 Å². The van der Waals surface area contributed by atoms with E-state index in [9.17, 15) is 9.90 Å². The average Bonchev–Trinajstić information content (AvgIpc) is 3.23. The highest BCUT2D eigenvalue weighted by atomic mass is 16.5. The first-order chi connectivity index (χ1) is 9.61. The SMILES string of the molecule is COCCN(C(=O)Cc1cccc(O)c1)C(C)C1CC1. The molecule has 1 unspecified atom stereocenters. The van der Waals surface area contributed by atoms with Crippen molar-refractivity contribution in [2.75, 3.05) is 20.3 Å². The highest BCUT2D eigenvalue weighted by molar-refractivity contribution is 5.79. The monoisotopic (exact) mass is 277 g/mol. The van der Waals surface area contributed by atoms with Gasteiger partial charge in [-0.1, -0.05) is 12.1 Å². The molecule has 2 rings (SSSR count). The largest absolute Gasteiger partial charge is 0.508 e. The van der Waals surface area contributed by atoms with Gasteiger partial charge < -0.3 is 14.7 Å². The minimum absolute atomic E-state index is 0.104. The molecule has 1 aromatic carbocycles. The van der Waals surface area contributed by atoms with Gasteiger partial charge in [-0.15, -0.1) is 0 Å². The van der Waals surface area contributed by atoms with Gasteiger partial charge in [0.05, 0.1) is 13.0 Å². The molecular formula is C16H23NO3. The Labute approximate surface area is 120 Å². The fourth-order valence-corrected chi connectivity index (χ4v) is 2.52. The zero-order chi connectivity index (χ0) is 14.5. The van der Waals surface area contributed by atoms with Crippen molar-refractivity contribution in [3.8, 4) is 5.75 Å². The van der Waals surface area contributed by atoms with E-state index in [1.807, 2.05) is 11.0 Å². The summed E-state index contributed by atoms with van der Waals surface area (Å²) in [6.07, 6.45) is 2.75. The number of aromatic hydroxyl groups is 1. The van der Waals surface area contributed by atoms with Crippen LogP contribution in [0.3, 0.4) is 0 Å². The first kappa shape index (κ1) is 14.9. The predicted octanol–water partition coefficient (Wildman–Crippen LogP) is 2.21. The summed E-state index contributed by atoms with van der Waals surface area (Å²) in [7, 11) is 1.65. The lowest BCUT2D eigenvalue weighted by Crippen LogP contribution is -2.42. The van der Waals surface area contributed by atoms with Crippen molar-refractivity contribution in [2.24, 2.45) is 5.92 Å². The topological polar surface area (TPSA) is 49.8 Å². The van der Waals surface area contributed by atoms with Crippen molar-refractivity contribution >= 4 is 5.91 Å². The molecule has 110 valence electrons. The fraction of sp³-hybridized carbons (Fsp3) is 0.562. The number of methoxy groups -OCH3 is 1. The molecule has 1 atom stereocenters. The maximum absolute atomic E-state index is 12.5. The molecule has 0 bridgehead atoms. The van der Waals surface area contributed by atoms with Crippen LogP contribution in [0.25, 0.3) is 0 Å². The number of amides is 1. The van der Waals surface area contributed by atoms with Crippen molar-refractivity contribution in [1.82, 2.24) is 4.90 Å². The van der Waals surface area contributed by atoms with Crippen LogP contribution in [-0.4, -0.2) is 42.2 Å². The van der Waals surface area contributed by atoms with E-state index in [2.05, 4.69) is 6.92 Å². The van der Waals surface area contributed by atoms with E-state index in [1.54, 1.807) is 25.3 Å². The van der Waals surface area contributed by atoms with Crippen LogP contribution < -0.4 is 0 Å². The van der Waals surface area contributed by atoms with Crippen LogP contribution in [0.5, 0.6) is 5.75 Å². The standard InChI is InChI=1S/C16H23NO3/c1-12(14-6-7-14)17(8-9-20-2)16(19)11-13-4-3-5-15(18)10-13/h3-5,10,12,14,18H,6-9,11H2,1-2H3. The molecule has 20 heavy (non-hydrogen) atoms. The number of nitrogens with zero attached hydrogens (tertiary/aromatic N) is 1. The zero-order valence-electron chi connectivity index (χ0n) is 12.2. The number of carbonyl (C=O) groups excluding carboxylic acids is 1. The Morgan fingerprint density at radius 3 is 2.85 bits per heavy atom. The minimum Gasteiger partial charge on any atom is -0.508 e. The Kier molecular flexibility index (Phi) is 5.01. The second-order valence-electron chi connectivity index (χ2n) is 5.50. The molecule has 1 aliphatic rings. The number of benzene rings is 1. The van der Waals surface area contributed by atoms with Crippen LogP contribution in [0.1, 0.15) is 25.3 Å². The number of hydrogen-bond donors (Lipinski definition) is 1. The van der Waals surface area contributed by atoms with Gasteiger partial charge in [0.15, 0.2) is 0 Å². The van der Waals surface area contributed by atoms with E-state index in [1.165, 1.54) is 12.8 Å². The van der Waals surface area contributed by atoms with E-state index < -0.39 is 0 Å². The molecule has 4 heteroatoms. The molecule has 1 fully saturated rings. The van der Waals surface area contributed by atoms with Gasteiger partial charge in [-0.3, -0.25) is 4.79 Å². The van der Waals surface area contributed by atoms with Gasteiger partial charge in [0.1, 0.15) is 5.75 Å². The molecule has 0 spiro atoms. The molecule has 0 heterocycles. The maximum Gasteiger partial charge on any atom is 0.227 e.